The molecule has 1 aromatic heterocycles. The van der Waals surface area contributed by atoms with E-state index in [2.05, 4.69) is 5.10 Å². The number of carboxylic acids is 1. The first-order valence-electron chi connectivity index (χ1n) is 5.18. The van der Waals surface area contributed by atoms with Gasteiger partial charge in [-0.05, 0) is 11.5 Å². The van der Waals surface area contributed by atoms with Crippen molar-refractivity contribution in [3.8, 4) is 0 Å². The molecule has 2 aliphatic rings. The fraction of sp³-hybridized carbons (Fsp3) is 0.182. The van der Waals surface area contributed by atoms with Crippen molar-refractivity contribution >= 4 is 29.7 Å². The summed E-state index contributed by atoms with van der Waals surface area (Å²) >= 11 is 1.29. The van der Waals surface area contributed by atoms with Crippen molar-refractivity contribution in [3.63, 3.8) is 0 Å². The molecule has 6 nitrogen and oxygen atoms in total. The van der Waals surface area contributed by atoms with Crippen LogP contribution in [-0.4, -0.2) is 31.9 Å². The van der Waals surface area contributed by atoms with E-state index in [9.17, 15) is 14.7 Å². The summed E-state index contributed by atoms with van der Waals surface area (Å²) < 4.78 is 1.64. The van der Waals surface area contributed by atoms with Gasteiger partial charge in [0.2, 0.25) is 0 Å². The van der Waals surface area contributed by atoms with E-state index >= 15 is 0 Å². The zero-order valence-electron chi connectivity index (χ0n) is 10.4. The average Bonchev–Trinajstić information content (AvgIpc) is 2.89. The smallest absolute Gasteiger partial charge is 0.543 e. The van der Waals surface area contributed by atoms with Crippen LogP contribution in [0.5, 0.6) is 0 Å². The molecule has 3 heterocycles. The van der Waals surface area contributed by atoms with Crippen molar-refractivity contribution in [2.45, 2.75) is 5.37 Å². The van der Waals surface area contributed by atoms with E-state index in [1.807, 2.05) is 0 Å². The molecular weight excluding hydrogens is 277 g/mol. The van der Waals surface area contributed by atoms with Gasteiger partial charge >= 0.3 is 29.6 Å². The number of thioether (sulfide) groups is 1. The Labute approximate surface area is 135 Å². The summed E-state index contributed by atoms with van der Waals surface area (Å²) in [5.74, 6) is -1.61. The number of aliphatic carboxylic acids is 1. The first-order valence-corrected chi connectivity index (χ1v) is 6.13. The van der Waals surface area contributed by atoms with E-state index < -0.39 is 5.97 Å². The quantitative estimate of drug-likeness (QED) is 0.318. The van der Waals surface area contributed by atoms with Gasteiger partial charge in [0.15, 0.2) is 0 Å². The SMILES string of the molecule is Cn1cc(/C=C2/C(=O)N3C(C(=O)[O-])=CS[C@H]23)cn1.[Na+]. The number of nitrogens with zero attached hydrogens (tertiary/aromatic N) is 3. The molecule has 0 aromatic carbocycles. The maximum absolute atomic E-state index is 11.9. The third-order valence-corrected chi connectivity index (χ3v) is 3.87. The van der Waals surface area contributed by atoms with Gasteiger partial charge in [-0.25, -0.2) is 0 Å². The Bertz CT molecular complexity index is 622. The second kappa shape index (κ2) is 5.16. The van der Waals surface area contributed by atoms with Crippen LogP contribution in [0.15, 0.2) is 29.1 Å². The van der Waals surface area contributed by atoms with Crippen LogP contribution in [0.3, 0.4) is 0 Å². The molecule has 2 aliphatic heterocycles. The van der Waals surface area contributed by atoms with Crippen LogP contribution in [0.4, 0.5) is 0 Å². The minimum absolute atomic E-state index is 0. The predicted octanol–water partition coefficient (Wildman–Crippen LogP) is -3.69. The Kier molecular flexibility index (Phi) is 3.91. The molecule has 1 amide bonds. The van der Waals surface area contributed by atoms with Crippen LogP contribution >= 0.6 is 11.8 Å². The summed E-state index contributed by atoms with van der Waals surface area (Å²) in [5, 5.41) is 16.0. The molecule has 0 unspecified atom stereocenters. The van der Waals surface area contributed by atoms with Gasteiger partial charge in [0.25, 0.3) is 5.91 Å². The number of fused-ring (bicyclic) bond motifs is 1. The van der Waals surface area contributed by atoms with Crippen molar-refractivity contribution in [1.82, 2.24) is 14.7 Å². The van der Waals surface area contributed by atoms with Gasteiger partial charge in [0.1, 0.15) is 5.37 Å². The number of hydrogen-bond donors (Lipinski definition) is 0. The molecule has 1 atom stereocenters. The molecule has 0 spiro atoms. The third kappa shape index (κ3) is 2.27. The normalized spacial score (nSPS) is 22.7. The summed E-state index contributed by atoms with van der Waals surface area (Å²) in [5.41, 5.74) is 1.35. The summed E-state index contributed by atoms with van der Waals surface area (Å²) in [6.45, 7) is 0. The van der Waals surface area contributed by atoms with Gasteiger partial charge in [-0.2, -0.15) is 5.10 Å². The van der Waals surface area contributed by atoms with Gasteiger partial charge < -0.3 is 9.90 Å². The second-order valence-corrected chi connectivity index (χ2v) is 4.96. The van der Waals surface area contributed by atoms with Crippen LogP contribution in [0.25, 0.3) is 6.08 Å². The molecule has 0 saturated carbocycles. The monoisotopic (exact) mass is 285 g/mol. The van der Waals surface area contributed by atoms with E-state index in [1.165, 1.54) is 22.1 Å². The van der Waals surface area contributed by atoms with Crippen LogP contribution in [-0.2, 0) is 16.6 Å². The van der Waals surface area contributed by atoms with E-state index in [4.69, 9.17) is 0 Å². The van der Waals surface area contributed by atoms with Crippen LogP contribution < -0.4 is 34.7 Å². The zero-order valence-corrected chi connectivity index (χ0v) is 13.2. The molecule has 1 fully saturated rings. The molecule has 3 rings (SSSR count). The Morgan fingerprint density at radius 3 is 2.89 bits per heavy atom. The first kappa shape index (κ1) is 14.4. The van der Waals surface area contributed by atoms with Gasteiger partial charge in [0, 0.05) is 18.8 Å². The number of carbonyl (C=O) groups is 2. The largest absolute Gasteiger partial charge is 1.00 e. The van der Waals surface area contributed by atoms with E-state index in [-0.39, 0.29) is 46.5 Å². The molecular formula is C11H8N3NaO3S. The number of hydrogen-bond acceptors (Lipinski definition) is 5. The fourth-order valence-corrected chi connectivity index (χ4v) is 3.07. The standard InChI is InChI=1S/C11H9N3O3S.Na/c1-13-4-6(3-12-13)2-7-9(15)14-8(11(16)17)5-18-10(7)14;/h2-5,10H,1H3,(H,16,17);/q;+1/p-1/b7-2-;/t10-;/m1./s1. The van der Waals surface area contributed by atoms with Crippen LogP contribution in [0.1, 0.15) is 5.56 Å². The Balaban J connectivity index is 0.00000133. The summed E-state index contributed by atoms with van der Waals surface area (Å²) in [4.78, 5) is 23.9. The molecule has 0 N–H and O–H groups in total. The molecule has 19 heavy (non-hydrogen) atoms. The topological polar surface area (TPSA) is 78.3 Å². The van der Waals surface area contributed by atoms with E-state index in [0.717, 1.165) is 5.56 Å². The number of aryl methyl sites for hydroxylation is 1. The molecule has 0 aliphatic carbocycles. The van der Waals surface area contributed by atoms with Gasteiger partial charge in [-0.3, -0.25) is 14.4 Å². The van der Waals surface area contributed by atoms with E-state index in [1.54, 1.807) is 30.2 Å². The average molecular weight is 285 g/mol. The Hall–Kier alpha value is -1.02. The second-order valence-electron chi connectivity index (χ2n) is 4.00. The zero-order chi connectivity index (χ0) is 12.9. The third-order valence-electron chi connectivity index (χ3n) is 2.79. The maximum atomic E-state index is 11.9. The van der Waals surface area contributed by atoms with Gasteiger partial charge in [-0.15, -0.1) is 11.8 Å². The Morgan fingerprint density at radius 1 is 1.58 bits per heavy atom. The van der Waals surface area contributed by atoms with Crippen LogP contribution in [0, 0.1) is 0 Å². The number of aromatic nitrogens is 2. The van der Waals surface area contributed by atoms with Gasteiger partial charge in [0.05, 0.1) is 23.4 Å². The number of carbonyl (C=O) groups excluding carboxylic acids is 2. The number of amides is 1. The molecule has 1 saturated heterocycles. The number of carboxylic acid groups (broad SMARTS) is 1. The van der Waals surface area contributed by atoms with Gasteiger partial charge in [-0.1, -0.05) is 0 Å². The minimum atomic E-state index is -1.32. The fourth-order valence-electron chi connectivity index (χ4n) is 1.95. The predicted molar refractivity (Wildman–Crippen MR) is 62.5 cm³/mol. The van der Waals surface area contributed by atoms with Crippen molar-refractivity contribution in [3.05, 3.63) is 34.6 Å². The molecule has 92 valence electrons. The summed E-state index contributed by atoms with van der Waals surface area (Å²) in [7, 11) is 1.79. The van der Waals surface area contributed by atoms with Crippen molar-refractivity contribution < 1.29 is 44.3 Å². The molecule has 1 aromatic rings. The van der Waals surface area contributed by atoms with Crippen molar-refractivity contribution in [2.75, 3.05) is 0 Å². The van der Waals surface area contributed by atoms with Crippen LogP contribution in [0.2, 0.25) is 0 Å². The van der Waals surface area contributed by atoms with Crippen molar-refractivity contribution in [2.24, 2.45) is 7.05 Å². The number of β-lactam (4-membered cyclic amide) rings is 1. The van der Waals surface area contributed by atoms with E-state index in [0.29, 0.717) is 5.57 Å². The maximum Gasteiger partial charge on any atom is 1.00 e. The summed E-state index contributed by atoms with van der Waals surface area (Å²) in [6, 6.07) is 0. The minimum Gasteiger partial charge on any atom is -0.543 e. The Morgan fingerprint density at radius 2 is 2.32 bits per heavy atom. The molecule has 8 heteroatoms. The van der Waals surface area contributed by atoms with Crippen molar-refractivity contribution in [1.29, 1.82) is 0 Å². The molecule has 0 bridgehead atoms. The molecule has 0 radical (unpaired) electrons. The number of rotatable bonds is 2. The summed E-state index contributed by atoms with van der Waals surface area (Å²) in [6.07, 6.45) is 5.17. The first-order chi connectivity index (χ1) is 8.58.